The van der Waals surface area contributed by atoms with Crippen LogP contribution in [0.3, 0.4) is 0 Å². The second kappa shape index (κ2) is 6.70. The van der Waals surface area contributed by atoms with E-state index in [0.29, 0.717) is 12.2 Å². The van der Waals surface area contributed by atoms with Gasteiger partial charge in [0.05, 0.1) is 4.90 Å². The number of aromatic nitrogens is 3. The molecule has 1 atom stereocenters. The Labute approximate surface area is 140 Å². The zero-order chi connectivity index (χ0) is 17.2. The lowest BCUT2D eigenvalue weighted by Gasteiger charge is -2.32. The fourth-order valence-corrected chi connectivity index (χ4v) is 4.48. The number of sulfonamides is 1. The van der Waals surface area contributed by atoms with E-state index in [0.717, 1.165) is 19.3 Å². The zero-order valence-electron chi connectivity index (χ0n) is 13.3. The summed E-state index contributed by atoms with van der Waals surface area (Å²) in [5.41, 5.74) is 0.482. The van der Waals surface area contributed by atoms with Gasteiger partial charge in [0.25, 0.3) is 5.91 Å². The van der Waals surface area contributed by atoms with Crippen LogP contribution in [0.25, 0.3) is 0 Å². The number of aromatic amines is 1. The van der Waals surface area contributed by atoms with Gasteiger partial charge < -0.3 is 5.32 Å². The van der Waals surface area contributed by atoms with E-state index in [1.807, 2.05) is 6.92 Å². The predicted octanol–water partition coefficient (Wildman–Crippen LogP) is 1.62. The number of amides is 1. The molecular weight excluding hydrogens is 330 g/mol. The van der Waals surface area contributed by atoms with Crippen molar-refractivity contribution < 1.29 is 13.2 Å². The highest BCUT2D eigenvalue weighted by molar-refractivity contribution is 7.89. The molecule has 9 heteroatoms. The van der Waals surface area contributed by atoms with Crippen LogP contribution in [-0.2, 0) is 10.0 Å². The molecule has 0 bridgehead atoms. The number of nitrogens with one attached hydrogen (secondary N) is 2. The number of rotatable bonds is 4. The first-order chi connectivity index (χ1) is 11.5. The average molecular weight is 349 g/mol. The molecule has 24 heavy (non-hydrogen) atoms. The number of benzene rings is 1. The van der Waals surface area contributed by atoms with Crippen LogP contribution in [0.4, 0.5) is 5.69 Å². The van der Waals surface area contributed by atoms with E-state index >= 15 is 0 Å². The van der Waals surface area contributed by atoms with Gasteiger partial charge in [0.2, 0.25) is 15.8 Å². The normalized spacial score (nSPS) is 19.1. The molecule has 0 radical (unpaired) electrons. The first-order valence-electron chi connectivity index (χ1n) is 7.77. The summed E-state index contributed by atoms with van der Waals surface area (Å²) < 4.78 is 27.0. The Hall–Kier alpha value is -2.26. The largest absolute Gasteiger partial charge is 0.319 e. The molecule has 3 rings (SSSR count). The molecule has 2 aromatic rings. The number of carbonyl (C=O) groups is 1. The van der Waals surface area contributed by atoms with Crippen LogP contribution < -0.4 is 5.32 Å². The monoisotopic (exact) mass is 349 g/mol. The SMILES string of the molecule is CC1CCCCN1S(=O)(=O)c1ccc(NC(=O)c2nc[nH]n2)cc1. The Balaban J connectivity index is 1.75. The molecule has 2 heterocycles. The second-order valence-corrected chi connectivity index (χ2v) is 7.65. The molecular formula is C15H19N5O3S. The third-order valence-electron chi connectivity index (χ3n) is 4.08. The number of anilines is 1. The van der Waals surface area contributed by atoms with Crippen molar-refractivity contribution >= 4 is 21.6 Å². The minimum absolute atomic E-state index is 0.00821. The van der Waals surface area contributed by atoms with E-state index in [9.17, 15) is 13.2 Å². The van der Waals surface area contributed by atoms with E-state index in [-0.39, 0.29) is 16.8 Å². The molecule has 0 aliphatic carbocycles. The molecule has 0 spiro atoms. The molecule has 1 saturated heterocycles. The van der Waals surface area contributed by atoms with Gasteiger partial charge in [-0.2, -0.15) is 4.31 Å². The Morgan fingerprint density at radius 2 is 2.04 bits per heavy atom. The van der Waals surface area contributed by atoms with Crippen LogP contribution in [0.15, 0.2) is 35.5 Å². The highest BCUT2D eigenvalue weighted by atomic mass is 32.2. The van der Waals surface area contributed by atoms with E-state index in [4.69, 9.17) is 0 Å². The smallest absolute Gasteiger partial charge is 0.295 e. The van der Waals surface area contributed by atoms with E-state index in [2.05, 4.69) is 20.5 Å². The Kier molecular flexibility index (Phi) is 4.63. The fourth-order valence-electron chi connectivity index (χ4n) is 2.78. The quantitative estimate of drug-likeness (QED) is 0.872. The molecule has 128 valence electrons. The van der Waals surface area contributed by atoms with E-state index in [1.54, 1.807) is 16.4 Å². The van der Waals surface area contributed by atoms with Gasteiger partial charge in [-0.3, -0.25) is 9.89 Å². The van der Waals surface area contributed by atoms with Gasteiger partial charge in [0.1, 0.15) is 6.33 Å². The van der Waals surface area contributed by atoms with E-state index in [1.165, 1.54) is 18.5 Å². The summed E-state index contributed by atoms with van der Waals surface area (Å²) in [4.78, 5) is 15.9. The summed E-state index contributed by atoms with van der Waals surface area (Å²) in [6.45, 7) is 2.48. The molecule has 1 unspecified atom stereocenters. The summed E-state index contributed by atoms with van der Waals surface area (Å²) in [6.07, 6.45) is 4.13. The van der Waals surface area contributed by atoms with Crippen molar-refractivity contribution in [1.29, 1.82) is 0 Å². The first-order valence-corrected chi connectivity index (χ1v) is 9.21. The van der Waals surface area contributed by atoms with Crippen molar-refractivity contribution in [2.75, 3.05) is 11.9 Å². The Bertz CT molecular complexity index is 802. The fraction of sp³-hybridized carbons (Fsp3) is 0.400. The number of carbonyl (C=O) groups excluding carboxylic acids is 1. The average Bonchev–Trinajstić information content (AvgIpc) is 3.10. The topological polar surface area (TPSA) is 108 Å². The highest BCUT2D eigenvalue weighted by Gasteiger charge is 2.30. The molecule has 1 aromatic carbocycles. The minimum Gasteiger partial charge on any atom is -0.319 e. The molecule has 1 fully saturated rings. The van der Waals surface area contributed by atoms with Crippen molar-refractivity contribution in [1.82, 2.24) is 19.5 Å². The van der Waals surface area contributed by atoms with Crippen molar-refractivity contribution in [3.63, 3.8) is 0 Å². The van der Waals surface area contributed by atoms with Gasteiger partial charge in [-0.05, 0) is 44.0 Å². The van der Waals surface area contributed by atoms with Gasteiger partial charge in [0, 0.05) is 18.3 Å². The lowest BCUT2D eigenvalue weighted by molar-refractivity contribution is 0.101. The highest BCUT2D eigenvalue weighted by Crippen LogP contribution is 2.25. The lowest BCUT2D eigenvalue weighted by Crippen LogP contribution is -2.41. The first kappa shape index (κ1) is 16.6. The third kappa shape index (κ3) is 3.31. The van der Waals surface area contributed by atoms with Crippen molar-refractivity contribution in [3.05, 3.63) is 36.4 Å². The van der Waals surface area contributed by atoms with Crippen molar-refractivity contribution in [3.8, 4) is 0 Å². The van der Waals surface area contributed by atoms with Crippen molar-refractivity contribution in [2.24, 2.45) is 0 Å². The number of piperidine rings is 1. The molecule has 1 amide bonds. The predicted molar refractivity (Wildman–Crippen MR) is 88.0 cm³/mol. The van der Waals surface area contributed by atoms with Crippen LogP contribution in [0.5, 0.6) is 0 Å². The summed E-state index contributed by atoms with van der Waals surface area (Å²) in [5.74, 6) is -0.439. The van der Waals surface area contributed by atoms with Crippen LogP contribution in [0.2, 0.25) is 0 Å². The standard InChI is InChI=1S/C15H19N5O3S/c1-11-4-2-3-9-20(11)24(22,23)13-7-5-12(6-8-13)18-15(21)14-16-10-17-19-14/h5-8,10-11H,2-4,9H2,1H3,(H,18,21)(H,16,17,19). The Morgan fingerprint density at radius 3 is 2.67 bits per heavy atom. The molecule has 1 aliphatic heterocycles. The van der Waals surface area contributed by atoms with Gasteiger partial charge in [0.15, 0.2) is 0 Å². The number of nitrogens with zero attached hydrogens (tertiary/aromatic N) is 3. The lowest BCUT2D eigenvalue weighted by atomic mass is 10.1. The van der Waals surface area contributed by atoms with Crippen molar-refractivity contribution in [2.45, 2.75) is 37.1 Å². The number of hydrogen-bond donors (Lipinski definition) is 2. The van der Waals surface area contributed by atoms with Crippen LogP contribution in [0, 0.1) is 0 Å². The maximum atomic E-state index is 12.7. The molecule has 1 aliphatic rings. The minimum atomic E-state index is -3.51. The van der Waals surface area contributed by atoms with Gasteiger partial charge in [-0.25, -0.2) is 13.4 Å². The molecule has 8 nitrogen and oxygen atoms in total. The van der Waals surface area contributed by atoms with Gasteiger partial charge >= 0.3 is 0 Å². The molecule has 1 aromatic heterocycles. The van der Waals surface area contributed by atoms with Crippen LogP contribution >= 0.6 is 0 Å². The summed E-state index contributed by atoms with van der Waals surface area (Å²) in [6, 6.07) is 6.14. The summed E-state index contributed by atoms with van der Waals surface area (Å²) >= 11 is 0. The second-order valence-electron chi connectivity index (χ2n) is 5.76. The number of hydrogen-bond acceptors (Lipinski definition) is 5. The van der Waals surface area contributed by atoms with Crippen LogP contribution in [-0.4, -0.2) is 46.4 Å². The molecule has 0 saturated carbocycles. The van der Waals surface area contributed by atoms with Gasteiger partial charge in [-0.15, -0.1) is 5.10 Å². The zero-order valence-corrected chi connectivity index (χ0v) is 14.1. The maximum Gasteiger partial charge on any atom is 0.295 e. The summed E-state index contributed by atoms with van der Waals surface area (Å²) in [5, 5.41) is 8.77. The third-order valence-corrected chi connectivity index (χ3v) is 6.11. The molecule has 2 N–H and O–H groups in total. The van der Waals surface area contributed by atoms with E-state index < -0.39 is 15.9 Å². The maximum absolute atomic E-state index is 12.7. The number of H-pyrrole nitrogens is 1. The van der Waals surface area contributed by atoms with Crippen LogP contribution in [0.1, 0.15) is 36.8 Å². The summed E-state index contributed by atoms with van der Waals surface area (Å²) in [7, 11) is -3.51. The Morgan fingerprint density at radius 1 is 1.29 bits per heavy atom. The van der Waals surface area contributed by atoms with Gasteiger partial charge in [-0.1, -0.05) is 6.42 Å².